The number of nitrogens with zero attached hydrogens (tertiary/aromatic N) is 1. The van der Waals surface area contributed by atoms with Crippen LogP contribution in [0.2, 0.25) is 0 Å². The first-order valence-corrected chi connectivity index (χ1v) is 14.5. The smallest absolute Gasteiger partial charge is 0.331 e. The number of pyridine rings is 1. The summed E-state index contributed by atoms with van der Waals surface area (Å²) in [5, 5.41) is 16.8. The Labute approximate surface area is 253 Å². The van der Waals surface area contributed by atoms with Gasteiger partial charge in [-0.25, -0.2) is 4.79 Å². The van der Waals surface area contributed by atoms with Crippen LogP contribution in [-0.4, -0.2) is 34.5 Å². The van der Waals surface area contributed by atoms with Gasteiger partial charge in [0.25, 0.3) is 0 Å². The lowest BCUT2D eigenvalue weighted by molar-refractivity contribution is -0.171. The lowest BCUT2D eigenvalue weighted by Crippen LogP contribution is -2.51. The summed E-state index contributed by atoms with van der Waals surface area (Å²) in [6, 6.07) is 27.2. The van der Waals surface area contributed by atoms with Crippen LogP contribution in [0.1, 0.15) is 31.1 Å². The number of esters is 1. The number of fused-ring (bicyclic) bond motifs is 6. The number of aromatic nitrogens is 1. The van der Waals surface area contributed by atoms with Crippen molar-refractivity contribution >= 4 is 55.4 Å². The Morgan fingerprint density at radius 1 is 0.932 bits per heavy atom. The predicted octanol–water partition coefficient (Wildman–Crippen LogP) is 6.84. The van der Waals surface area contributed by atoms with Gasteiger partial charge in [0, 0.05) is 24.6 Å². The van der Waals surface area contributed by atoms with Gasteiger partial charge in [-0.2, -0.15) is 0 Å². The molecule has 1 aliphatic heterocycles. The van der Waals surface area contributed by atoms with Crippen molar-refractivity contribution in [2.24, 2.45) is 7.05 Å². The van der Waals surface area contributed by atoms with Crippen LogP contribution in [-0.2, 0) is 16.6 Å². The highest BCUT2D eigenvalue weighted by Gasteiger charge is 2.47. The lowest BCUT2D eigenvalue weighted by atomic mass is 9.86. The zero-order valence-corrected chi connectivity index (χ0v) is 24.8. The average molecular weight is 586 g/mol. The largest absolute Gasteiger partial charge is 0.496 e. The number of carbonyl (C=O) groups is 1. The number of carbonyl (C=O) groups excluding carboxylic acids is 1. The van der Waals surface area contributed by atoms with E-state index in [0.717, 1.165) is 27.1 Å². The fourth-order valence-electron chi connectivity index (χ4n) is 6.40. The van der Waals surface area contributed by atoms with E-state index in [1.165, 1.54) is 13.2 Å². The second-order valence-corrected chi connectivity index (χ2v) is 11.8. The maximum atomic E-state index is 14.0. The number of aliphatic hydroxyl groups is 1. The second-order valence-electron chi connectivity index (χ2n) is 11.8. The molecule has 1 aliphatic rings. The van der Waals surface area contributed by atoms with E-state index in [9.17, 15) is 14.7 Å². The lowest BCUT2D eigenvalue weighted by Gasteiger charge is -2.42. The Morgan fingerprint density at radius 2 is 1.59 bits per heavy atom. The average Bonchev–Trinajstić information content (AvgIpc) is 3.02. The van der Waals surface area contributed by atoms with Gasteiger partial charge in [-0.15, -0.1) is 0 Å². The molecule has 220 valence electrons. The normalized spacial score (nSPS) is 17.7. The molecule has 0 aliphatic carbocycles. The first kappa shape index (κ1) is 27.7. The fourth-order valence-corrected chi connectivity index (χ4v) is 6.40. The molecule has 0 saturated carbocycles. The summed E-state index contributed by atoms with van der Waals surface area (Å²) in [4.78, 5) is 27.2. The van der Waals surface area contributed by atoms with Crippen LogP contribution >= 0.6 is 0 Å². The van der Waals surface area contributed by atoms with Crippen LogP contribution in [0.3, 0.4) is 0 Å². The highest BCUT2D eigenvalue weighted by atomic mass is 16.6. The Bertz CT molecular complexity index is 2230. The molecular formula is C37H31NO6. The summed E-state index contributed by atoms with van der Waals surface area (Å²) in [5.74, 6) is 0.0816. The van der Waals surface area contributed by atoms with Gasteiger partial charge in [0.15, 0.2) is 6.10 Å². The third kappa shape index (κ3) is 4.39. The van der Waals surface area contributed by atoms with Gasteiger partial charge in [-0.05, 0) is 65.2 Å². The minimum Gasteiger partial charge on any atom is -0.496 e. The zero-order valence-electron chi connectivity index (χ0n) is 24.8. The van der Waals surface area contributed by atoms with Gasteiger partial charge in [0.05, 0.1) is 29.1 Å². The van der Waals surface area contributed by atoms with Gasteiger partial charge >= 0.3 is 5.97 Å². The van der Waals surface area contributed by atoms with Gasteiger partial charge < -0.3 is 23.9 Å². The van der Waals surface area contributed by atoms with E-state index < -0.39 is 23.8 Å². The molecule has 7 rings (SSSR count). The quantitative estimate of drug-likeness (QED) is 0.139. The standard InChI is InChI=1S/C37H31NO6/c1-37(2)36(43-30(39)16-14-21-13-15-22-9-5-6-10-23(22)17-21)35(41)32-29(44-37)20-28(42-4)31-33(32)38(3)27-19-25-12-8-7-11-24(25)18-26(27)34(31)40/h5-20,35-36,41H,1-4H3/b16-14+. The van der Waals surface area contributed by atoms with E-state index in [4.69, 9.17) is 14.2 Å². The monoisotopic (exact) mass is 585 g/mol. The van der Waals surface area contributed by atoms with Crippen molar-refractivity contribution in [1.29, 1.82) is 0 Å². The molecule has 44 heavy (non-hydrogen) atoms. The number of benzene rings is 5. The van der Waals surface area contributed by atoms with Crippen molar-refractivity contribution in [1.82, 2.24) is 4.57 Å². The topological polar surface area (TPSA) is 87.0 Å². The van der Waals surface area contributed by atoms with E-state index >= 15 is 0 Å². The maximum absolute atomic E-state index is 14.0. The molecule has 2 heterocycles. The highest BCUT2D eigenvalue weighted by Crippen LogP contribution is 2.47. The molecule has 2 unspecified atom stereocenters. The van der Waals surface area contributed by atoms with Gasteiger partial charge in [-0.3, -0.25) is 4.79 Å². The zero-order chi connectivity index (χ0) is 30.7. The number of aryl methyl sites for hydroxylation is 1. The Morgan fingerprint density at radius 3 is 2.30 bits per heavy atom. The molecule has 6 aromatic rings. The molecule has 7 nitrogen and oxygen atoms in total. The molecule has 1 N–H and O–H groups in total. The molecule has 0 bridgehead atoms. The minimum absolute atomic E-state index is 0.220. The third-order valence-corrected chi connectivity index (χ3v) is 8.59. The summed E-state index contributed by atoms with van der Waals surface area (Å²) in [5.41, 5.74) is 1.05. The molecule has 0 amide bonds. The first-order valence-electron chi connectivity index (χ1n) is 14.5. The van der Waals surface area contributed by atoms with Crippen LogP contribution in [0.4, 0.5) is 0 Å². The number of hydrogen-bond acceptors (Lipinski definition) is 6. The minimum atomic E-state index is -1.29. The van der Waals surface area contributed by atoms with Crippen molar-refractivity contribution in [2.75, 3.05) is 7.11 Å². The van der Waals surface area contributed by atoms with E-state index in [1.54, 1.807) is 26.0 Å². The van der Waals surface area contributed by atoms with E-state index in [0.29, 0.717) is 38.9 Å². The fraction of sp³-hybridized carbons (Fsp3) is 0.189. The second kappa shape index (κ2) is 10.2. The van der Waals surface area contributed by atoms with E-state index in [-0.39, 0.29) is 5.43 Å². The Balaban J connectivity index is 1.32. The summed E-state index contributed by atoms with van der Waals surface area (Å²) < 4.78 is 19.8. The number of rotatable bonds is 4. The Kier molecular flexibility index (Phi) is 6.44. The van der Waals surface area contributed by atoms with Crippen LogP contribution in [0.5, 0.6) is 11.5 Å². The number of ether oxygens (including phenoxy) is 3. The molecule has 0 radical (unpaired) electrons. The predicted molar refractivity (Wildman–Crippen MR) is 173 cm³/mol. The molecular weight excluding hydrogens is 554 g/mol. The van der Waals surface area contributed by atoms with Crippen molar-refractivity contribution in [3.63, 3.8) is 0 Å². The highest BCUT2D eigenvalue weighted by molar-refractivity contribution is 6.04. The number of aliphatic hydroxyl groups excluding tert-OH is 1. The molecule has 7 heteroatoms. The summed E-state index contributed by atoms with van der Waals surface area (Å²) >= 11 is 0. The van der Waals surface area contributed by atoms with Crippen molar-refractivity contribution in [2.45, 2.75) is 31.7 Å². The molecule has 0 fully saturated rings. The van der Waals surface area contributed by atoms with Crippen LogP contribution < -0.4 is 14.9 Å². The van der Waals surface area contributed by atoms with Crippen molar-refractivity contribution in [3.05, 3.63) is 112 Å². The van der Waals surface area contributed by atoms with Crippen molar-refractivity contribution in [3.8, 4) is 11.5 Å². The van der Waals surface area contributed by atoms with Crippen LogP contribution in [0.15, 0.2) is 95.8 Å². The molecule has 0 saturated heterocycles. The van der Waals surface area contributed by atoms with Gasteiger partial charge in [0.2, 0.25) is 5.43 Å². The SMILES string of the molecule is COc1cc2c(c3c1c(=O)c1cc4ccccc4cc1n3C)C(O)C(OC(=O)/C=C/c1ccc3ccccc3c1)C(C)(C)O2. The first-order chi connectivity index (χ1) is 21.2. The summed E-state index contributed by atoms with van der Waals surface area (Å²) in [7, 11) is 3.35. The molecule has 5 aromatic carbocycles. The third-order valence-electron chi connectivity index (χ3n) is 8.59. The number of hydrogen-bond donors (Lipinski definition) is 1. The molecule has 0 spiro atoms. The van der Waals surface area contributed by atoms with Crippen LogP contribution in [0, 0.1) is 0 Å². The maximum Gasteiger partial charge on any atom is 0.331 e. The van der Waals surface area contributed by atoms with E-state index in [2.05, 4.69) is 0 Å². The van der Waals surface area contributed by atoms with Gasteiger partial charge in [-0.1, -0.05) is 60.7 Å². The number of methoxy groups -OCH3 is 1. The summed E-state index contributed by atoms with van der Waals surface area (Å²) in [6.07, 6.45) is 0.682. The molecule has 1 aromatic heterocycles. The van der Waals surface area contributed by atoms with Crippen molar-refractivity contribution < 1.29 is 24.1 Å². The summed E-state index contributed by atoms with van der Waals surface area (Å²) in [6.45, 7) is 3.51. The molecule has 2 atom stereocenters. The van der Waals surface area contributed by atoms with E-state index in [1.807, 2.05) is 90.5 Å². The van der Waals surface area contributed by atoms with Crippen LogP contribution in [0.25, 0.3) is 49.4 Å². The van der Waals surface area contributed by atoms with Gasteiger partial charge in [0.1, 0.15) is 23.2 Å². The Hall–Kier alpha value is -5.14.